The second-order valence-electron chi connectivity index (χ2n) is 1.37. The van der Waals surface area contributed by atoms with Crippen LogP contribution >= 0.6 is 0 Å². The summed E-state index contributed by atoms with van der Waals surface area (Å²) in [6.07, 6.45) is 3.56. The van der Waals surface area contributed by atoms with Gasteiger partial charge in [0.05, 0.1) is 6.61 Å². The van der Waals surface area contributed by atoms with Crippen LogP contribution in [0.4, 0.5) is 0 Å². The van der Waals surface area contributed by atoms with Crippen LogP contribution < -0.4 is 0 Å². The summed E-state index contributed by atoms with van der Waals surface area (Å²) in [4.78, 5) is 10.3. The van der Waals surface area contributed by atoms with Gasteiger partial charge in [-0.15, -0.1) is 0 Å². The Kier molecular flexibility index (Phi) is 5.14. The van der Waals surface area contributed by atoms with E-state index in [0.29, 0.717) is 6.61 Å². The standard InChI is InChI=1S/C7H10O3/c1-3-7(8)10-6-5-9-4-2/h3,5-6H,1,4H2,2H3. The molecule has 56 valence electrons. The Bertz CT molecular complexity index is 138. The Hall–Kier alpha value is -1.25. The minimum Gasteiger partial charge on any atom is -0.498 e. The van der Waals surface area contributed by atoms with Crippen LogP contribution in [0.1, 0.15) is 6.92 Å². The third kappa shape index (κ3) is 4.90. The van der Waals surface area contributed by atoms with E-state index < -0.39 is 5.97 Å². The summed E-state index contributed by atoms with van der Waals surface area (Å²) < 4.78 is 9.17. The summed E-state index contributed by atoms with van der Waals surface area (Å²) in [5.41, 5.74) is 0. The van der Waals surface area contributed by atoms with E-state index in [-0.39, 0.29) is 0 Å². The molecule has 0 aromatic heterocycles. The number of ether oxygens (including phenoxy) is 2. The van der Waals surface area contributed by atoms with Gasteiger partial charge in [-0.2, -0.15) is 0 Å². The monoisotopic (exact) mass is 142 g/mol. The Morgan fingerprint density at radius 3 is 2.80 bits per heavy atom. The van der Waals surface area contributed by atoms with Crippen molar-refractivity contribution >= 4 is 5.97 Å². The first kappa shape index (κ1) is 8.75. The minimum absolute atomic E-state index is 0.490. The predicted octanol–water partition coefficient (Wildman–Crippen LogP) is 1.22. The van der Waals surface area contributed by atoms with Gasteiger partial charge in [-0.3, -0.25) is 0 Å². The second kappa shape index (κ2) is 5.88. The van der Waals surface area contributed by atoms with Gasteiger partial charge in [0.25, 0.3) is 0 Å². The molecule has 0 spiro atoms. The first-order valence-electron chi connectivity index (χ1n) is 2.91. The van der Waals surface area contributed by atoms with Crippen LogP contribution in [0.2, 0.25) is 0 Å². The number of hydrogen-bond acceptors (Lipinski definition) is 3. The molecular weight excluding hydrogens is 132 g/mol. The SMILES string of the molecule is C=CC(=O)OC=COCC. The molecular formula is C7H10O3. The smallest absolute Gasteiger partial charge is 0.335 e. The van der Waals surface area contributed by atoms with Gasteiger partial charge in [-0.05, 0) is 6.92 Å². The van der Waals surface area contributed by atoms with E-state index in [1.807, 2.05) is 6.92 Å². The molecule has 0 bridgehead atoms. The Morgan fingerprint density at radius 1 is 1.60 bits per heavy atom. The molecule has 0 aromatic rings. The molecule has 3 nitrogen and oxygen atoms in total. The van der Waals surface area contributed by atoms with Crippen LogP contribution in [0, 0.1) is 0 Å². The lowest BCUT2D eigenvalue weighted by molar-refractivity contribution is -0.132. The van der Waals surface area contributed by atoms with Gasteiger partial charge in [-0.25, -0.2) is 4.79 Å². The normalized spacial score (nSPS) is 9.30. The third-order valence-corrected chi connectivity index (χ3v) is 0.669. The van der Waals surface area contributed by atoms with Crippen molar-refractivity contribution in [2.24, 2.45) is 0 Å². The molecule has 3 heteroatoms. The third-order valence-electron chi connectivity index (χ3n) is 0.669. The van der Waals surface area contributed by atoms with Gasteiger partial charge in [-0.1, -0.05) is 6.58 Å². The molecule has 0 unspecified atom stereocenters. The first-order chi connectivity index (χ1) is 4.81. The van der Waals surface area contributed by atoms with Gasteiger partial charge >= 0.3 is 5.97 Å². The van der Waals surface area contributed by atoms with Gasteiger partial charge in [0.15, 0.2) is 0 Å². The molecule has 0 aliphatic heterocycles. The highest BCUT2D eigenvalue weighted by molar-refractivity contribution is 5.81. The summed E-state index contributed by atoms with van der Waals surface area (Å²) in [7, 11) is 0. The van der Waals surface area contributed by atoms with E-state index in [9.17, 15) is 4.79 Å². The molecule has 0 aromatic carbocycles. The molecule has 0 radical (unpaired) electrons. The van der Waals surface area contributed by atoms with E-state index in [1.54, 1.807) is 0 Å². The van der Waals surface area contributed by atoms with Gasteiger partial charge < -0.3 is 9.47 Å². The summed E-state index contributed by atoms with van der Waals surface area (Å²) in [5.74, 6) is -0.490. The average Bonchev–Trinajstić information content (AvgIpc) is 1.98. The fraction of sp³-hybridized carbons (Fsp3) is 0.286. The highest BCUT2D eigenvalue weighted by atomic mass is 16.5. The van der Waals surface area contributed by atoms with Crippen molar-refractivity contribution in [3.8, 4) is 0 Å². The van der Waals surface area contributed by atoms with Crippen molar-refractivity contribution in [3.63, 3.8) is 0 Å². The fourth-order valence-electron chi connectivity index (χ4n) is 0.278. The lowest BCUT2D eigenvalue weighted by Gasteiger charge is -1.92. The van der Waals surface area contributed by atoms with E-state index in [4.69, 9.17) is 4.74 Å². The molecule has 0 saturated heterocycles. The molecule has 0 rings (SSSR count). The van der Waals surface area contributed by atoms with Crippen LogP contribution in [-0.4, -0.2) is 12.6 Å². The fourth-order valence-corrected chi connectivity index (χ4v) is 0.278. The van der Waals surface area contributed by atoms with Crippen molar-refractivity contribution in [1.29, 1.82) is 0 Å². The molecule has 0 saturated carbocycles. The van der Waals surface area contributed by atoms with Crippen LogP contribution in [0.3, 0.4) is 0 Å². The molecule has 0 atom stereocenters. The largest absolute Gasteiger partial charge is 0.498 e. The van der Waals surface area contributed by atoms with E-state index >= 15 is 0 Å². The maximum absolute atomic E-state index is 10.3. The zero-order valence-corrected chi connectivity index (χ0v) is 5.87. The summed E-state index contributed by atoms with van der Waals surface area (Å²) >= 11 is 0. The highest BCUT2D eigenvalue weighted by Gasteiger charge is 1.87. The Labute approximate surface area is 59.9 Å². The van der Waals surface area contributed by atoms with Crippen molar-refractivity contribution < 1.29 is 14.3 Å². The maximum Gasteiger partial charge on any atom is 0.335 e. The molecule has 0 aliphatic carbocycles. The topological polar surface area (TPSA) is 35.5 Å². The number of rotatable bonds is 4. The highest BCUT2D eigenvalue weighted by Crippen LogP contribution is 1.82. The van der Waals surface area contributed by atoms with Gasteiger partial charge in [0.1, 0.15) is 12.5 Å². The maximum atomic E-state index is 10.3. The van der Waals surface area contributed by atoms with E-state index in [1.165, 1.54) is 12.5 Å². The Balaban J connectivity index is 3.33. The van der Waals surface area contributed by atoms with Crippen molar-refractivity contribution in [2.75, 3.05) is 6.61 Å². The van der Waals surface area contributed by atoms with Crippen molar-refractivity contribution in [3.05, 3.63) is 25.2 Å². The molecule has 10 heavy (non-hydrogen) atoms. The van der Waals surface area contributed by atoms with Crippen molar-refractivity contribution in [1.82, 2.24) is 0 Å². The molecule has 0 amide bonds. The summed E-state index contributed by atoms with van der Waals surface area (Å²) in [5, 5.41) is 0. The van der Waals surface area contributed by atoms with E-state index in [0.717, 1.165) is 6.08 Å². The molecule has 0 heterocycles. The Morgan fingerprint density at radius 2 is 2.30 bits per heavy atom. The van der Waals surface area contributed by atoms with Crippen LogP contribution in [-0.2, 0) is 14.3 Å². The first-order valence-corrected chi connectivity index (χ1v) is 2.91. The minimum atomic E-state index is -0.490. The number of carbonyl (C=O) groups excluding carboxylic acids is 1. The summed E-state index contributed by atoms with van der Waals surface area (Å²) in [6, 6.07) is 0. The van der Waals surface area contributed by atoms with Gasteiger partial charge in [0.2, 0.25) is 0 Å². The number of hydrogen-bond donors (Lipinski definition) is 0. The lowest BCUT2D eigenvalue weighted by Crippen LogP contribution is -1.92. The van der Waals surface area contributed by atoms with Crippen LogP contribution in [0.15, 0.2) is 25.2 Å². The van der Waals surface area contributed by atoms with E-state index in [2.05, 4.69) is 11.3 Å². The predicted molar refractivity (Wildman–Crippen MR) is 37.1 cm³/mol. The average molecular weight is 142 g/mol. The molecule has 0 fully saturated rings. The van der Waals surface area contributed by atoms with Crippen LogP contribution in [0.5, 0.6) is 0 Å². The molecule has 0 N–H and O–H groups in total. The summed E-state index contributed by atoms with van der Waals surface area (Å²) in [6.45, 7) is 5.60. The van der Waals surface area contributed by atoms with Gasteiger partial charge in [0, 0.05) is 6.08 Å². The quantitative estimate of drug-likeness (QED) is 0.336. The zero-order valence-electron chi connectivity index (χ0n) is 5.87. The molecule has 0 aliphatic rings. The second-order valence-corrected chi connectivity index (χ2v) is 1.37. The lowest BCUT2D eigenvalue weighted by atomic mass is 10.7. The van der Waals surface area contributed by atoms with Crippen LogP contribution in [0.25, 0.3) is 0 Å². The van der Waals surface area contributed by atoms with Crippen molar-refractivity contribution in [2.45, 2.75) is 6.92 Å². The number of carbonyl (C=O) groups is 1. The zero-order chi connectivity index (χ0) is 7.82. The number of esters is 1.